The first-order chi connectivity index (χ1) is 15.8. The molecule has 11 heteroatoms. The van der Waals surface area contributed by atoms with Gasteiger partial charge in [0.05, 0.1) is 22.5 Å². The highest BCUT2D eigenvalue weighted by molar-refractivity contribution is 7.08. The highest BCUT2D eigenvalue weighted by Gasteiger charge is 2.30. The monoisotopic (exact) mass is 470 g/mol. The number of thiophene rings is 1. The molecule has 0 spiro atoms. The highest BCUT2D eigenvalue weighted by Crippen LogP contribution is 2.31. The first kappa shape index (κ1) is 21.1. The van der Waals surface area contributed by atoms with Crippen molar-refractivity contribution in [1.29, 1.82) is 0 Å². The zero-order chi connectivity index (χ0) is 23.2. The average molecular weight is 470 g/mol. The van der Waals surface area contributed by atoms with E-state index in [9.17, 15) is 13.2 Å². The first-order valence-electron chi connectivity index (χ1n) is 9.92. The Labute approximate surface area is 189 Å². The van der Waals surface area contributed by atoms with Gasteiger partial charge in [-0.1, -0.05) is 17.3 Å². The number of halogens is 3. The van der Waals surface area contributed by atoms with Crippen LogP contribution in [-0.4, -0.2) is 24.7 Å². The summed E-state index contributed by atoms with van der Waals surface area (Å²) in [4.78, 5) is 13.8. The molecule has 0 atom stereocenters. The second-order valence-corrected chi connectivity index (χ2v) is 8.20. The SMILES string of the molecule is Cc1noc(C)c1-c1nc(NCc2cccc(C(F)(F)F)c2)c2ncn(-c3ccsc3)c2n1. The Hall–Kier alpha value is -3.73. The highest BCUT2D eigenvalue weighted by atomic mass is 32.1. The minimum atomic E-state index is -4.41. The maximum Gasteiger partial charge on any atom is 0.416 e. The van der Waals surface area contributed by atoms with E-state index in [1.165, 1.54) is 6.07 Å². The number of hydrogen-bond donors (Lipinski definition) is 1. The van der Waals surface area contributed by atoms with Crippen molar-refractivity contribution in [3.8, 4) is 17.1 Å². The van der Waals surface area contributed by atoms with Crippen molar-refractivity contribution in [3.63, 3.8) is 0 Å². The van der Waals surface area contributed by atoms with Gasteiger partial charge in [-0.25, -0.2) is 15.0 Å². The van der Waals surface area contributed by atoms with E-state index < -0.39 is 11.7 Å². The molecule has 4 aromatic heterocycles. The molecule has 0 fully saturated rings. The lowest BCUT2D eigenvalue weighted by Gasteiger charge is -2.11. The molecule has 0 aliphatic heterocycles. The second-order valence-electron chi connectivity index (χ2n) is 7.42. The number of hydrogen-bond acceptors (Lipinski definition) is 7. The summed E-state index contributed by atoms with van der Waals surface area (Å²) >= 11 is 1.54. The third-order valence-corrected chi connectivity index (χ3v) is 5.82. The van der Waals surface area contributed by atoms with E-state index in [0.717, 1.165) is 17.8 Å². The quantitative estimate of drug-likeness (QED) is 0.351. The Bertz CT molecular complexity index is 1420. The van der Waals surface area contributed by atoms with Crippen molar-refractivity contribution in [3.05, 3.63) is 70.0 Å². The molecule has 0 unspecified atom stereocenters. The molecule has 0 radical (unpaired) electrons. The fourth-order valence-corrected chi connectivity index (χ4v) is 4.19. The van der Waals surface area contributed by atoms with Crippen LogP contribution < -0.4 is 5.32 Å². The van der Waals surface area contributed by atoms with Gasteiger partial charge in [-0.05, 0) is 43.0 Å². The van der Waals surface area contributed by atoms with Gasteiger partial charge in [-0.2, -0.15) is 24.5 Å². The Morgan fingerprint density at radius 1 is 1.15 bits per heavy atom. The van der Waals surface area contributed by atoms with E-state index in [1.807, 2.05) is 21.4 Å². The minimum Gasteiger partial charge on any atom is -0.364 e. The van der Waals surface area contributed by atoms with Crippen LogP contribution in [0.5, 0.6) is 0 Å². The maximum atomic E-state index is 13.1. The van der Waals surface area contributed by atoms with Crippen LogP contribution in [0.1, 0.15) is 22.6 Å². The number of rotatable bonds is 5. The lowest BCUT2D eigenvalue weighted by molar-refractivity contribution is -0.137. The summed E-state index contributed by atoms with van der Waals surface area (Å²) in [7, 11) is 0. The summed E-state index contributed by atoms with van der Waals surface area (Å²) in [6, 6.07) is 7.12. The van der Waals surface area contributed by atoms with E-state index >= 15 is 0 Å². The molecule has 0 saturated heterocycles. The molecule has 33 heavy (non-hydrogen) atoms. The van der Waals surface area contributed by atoms with E-state index in [4.69, 9.17) is 9.51 Å². The summed E-state index contributed by atoms with van der Waals surface area (Å²) in [5, 5.41) is 11.0. The van der Waals surface area contributed by atoms with Crippen molar-refractivity contribution < 1.29 is 17.7 Å². The summed E-state index contributed by atoms with van der Waals surface area (Å²) in [5.41, 5.74) is 3.03. The van der Waals surface area contributed by atoms with Crippen LogP contribution in [0.3, 0.4) is 0 Å². The van der Waals surface area contributed by atoms with Gasteiger partial charge in [0.2, 0.25) is 0 Å². The summed E-state index contributed by atoms with van der Waals surface area (Å²) in [5.74, 6) is 1.36. The molecular formula is C22H17F3N6OS. The fourth-order valence-electron chi connectivity index (χ4n) is 3.56. The van der Waals surface area contributed by atoms with Crippen molar-refractivity contribution in [2.45, 2.75) is 26.6 Å². The number of benzene rings is 1. The van der Waals surface area contributed by atoms with Crippen molar-refractivity contribution in [2.75, 3.05) is 5.32 Å². The molecule has 1 aromatic carbocycles. The number of imidazole rings is 1. The minimum absolute atomic E-state index is 0.127. The molecule has 4 heterocycles. The molecular weight excluding hydrogens is 453 g/mol. The van der Waals surface area contributed by atoms with Crippen LogP contribution in [0, 0.1) is 13.8 Å². The van der Waals surface area contributed by atoms with E-state index in [2.05, 4.69) is 20.4 Å². The molecule has 0 saturated carbocycles. The molecule has 5 aromatic rings. The number of nitrogens with one attached hydrogen (secondary N) is 1. The predicted octanol–water partition coefficient (Wildman–Crippen LogP) is 5.78. The van der Waals surface area contributed by atoms with E-state index in [-0.39, 0.29) is 6.54 Å². The smallest absolute Gasteiger partial charge is 0.364 e. The fraction of sp³-hybridized carbons (Fsp3) is 0.182. The number of aryl methyl sites for hydroxylation is 2. The number of nitrogens with zero attached hydrogens (tertiary/aromatic N) is 5. The Balaban J connectivity index is 1.59. The van der Waals surface area contributed by atoms with Crippen LogP contribution in [-0.2, 0) is 12.7 Å². The van der Waals surface area contributed by atoms with Gasteiger partial charge < -0.3 is 9.84 Å². The summed E-state index contributed by atoms with van der Waals surface area (Å²) in [6.07, 6.45) is -2.76. The topological polar surface area (TPSA) is 81.7 Å². The maximum absolute atomic E-state index is 13.1. The largest absolute Gasteiger partial charge is 0.416 e. The Kier molecular flexibility index (Phi) is 5.12. The van der Waals surface area contributed by atoms with E-state index in [1.54, 1.807) is 37.6 Å². The molecule has 0 bridgehead atoms. The summed E-state index contributed by atoms with van der Waals surface area (Å²) in [6.45, 7) is 3.70. The van der Waals surface area contributed by atoms with Crippen LogP contribution in [0.4, 0.5) is 19.0 Å². The van der Waals surface area contributed by atoms with Gasteiger partial charge in [0.25, 0.3) is 0 Å². The molecule has 7 nitrogen and oxygen atoms in total. The number of aromatic nitrogens is 5. The lowest BCUT2D eigenvalue weighted by atomic mass is 10.1. The van der Waals surface area contributed by atoms with E-state index in [0.29, 0.717) is 45.4 Å². The molecule has 168 valence electrons. The zero-order valence-corrected chi connectivity index (χ0v) is 18.3. The van der Waals surface area contributed by atoms with Gasteiger partial charge in [0.1, 0.15) is 12.1 Å². The first-order valence-corrected chi connectivity index (χ1v) is 10.9. The summed E-state index contributed by atoms with van der Waals surface area (Å²) < 4.78 is 46.4. The van der Waals surface area contributed by atoms with Gasteiger partial charge in [0, 0.05) is 11.9 Å². The number of alkyl halides is 3. The average Bonchev–Trinajstić information content (AvgIpc) is 3.51. The Morgan fingerprint density at radius 2 is 2.00 bits per heavy atom. The lowest BCUT2D eigenvalue weighted by Crippen LogP contribution is -2.08. The number of fused-ring (bicyclic) bond motifs is 1. The predicted molar refractivity (Wildman–Crippen MR) is 118 cm³/mol. The Morgan fingerprint density at radius 3 is 2.70 bits per heavy atom. The molecule has 1 N–H and O–H groups in total. The van der Waals surface area contributed by atoms with Crippen molar-refractivity contribution >= 4 is 28.3 Å². The van der Waals surface area contributed by atoms with Crippen LogP contribution >= 0.6 is 11.3 Å². The zero-order valence-electron chi connectivity index (χ0n) is 17.5. The van der Waals surface area contributed by atoms with Crippen molar-refractivity contribution in [1.82, 2.24) is 24.7 Å². The van der Waals surface area contributed by atoms with Gasteiger partial charge in [-0.3, -0.25) is 4.57 Å². The standard InChI is InChI=1S/C22H17F3N6OS/c1-12-17(13(2)32-30-12)19-28-20(26-9-14-4-3-5-15(8-14)22(23,24)25)18-21(29-19)31(11-27-18)16-6-7-33-10-16/h3-8,10-11H,9H2,1-2H3,(H,26,28,29). The molecule has 0 aliphatic carbocycles. The van der Waals surface area contributed by atoms with Gasteiger partial charge in [-0.15, -0.1) is 0 Å². The molecule has 0 amide bonds. The normalized spacial score (nSPS) is 11.9. The third-order valence-electron chi connectivity index (χ3n) is 5.15. The van der Waals surface area contributed by atoms with Crippen LogP contribution in [0.2, 0.25) is 0 Å². The molecule has 0 aliphatic rings. The van der Waals surface area contributed by atoms with Gasteiger partial charge >= 0.3 is 6.18 Å². The van der Waals surface area contributed by atoms with Crippen LogP contribution in [0.15, 0.2) is 51.9 Å². The van der Waals surface area contributed by atoms with Crippen LogP contribution in [0.25, 0.3) is 28.2 Å². The second kappa shape index (κ2) is 8.00. The third kappa shape index (κ3) is 3.95. The number of anilines is 1. The van der Waals surface area contributed by atoms with Gasteiger partial charge in [0.15, 0.2) is 22.8 Å². The van der Waals surface area contributed by atoms with Crippen molar-refractivity contribution in [2.24, 2.45) is 0 Å². The molecule has 5 rings (SSSR count).